The first-order valence-electron chi connectivity index (χ1n) is 5.84. The SMILES string of the molecule is CCSCC(C)NC(=O)c1cc(OC)ccc1O. The summed E-state index contributed by atoms with van der Waals surface area (Å²) in [6.45, 7) is 4.02. The van der Waals surface area contributed by atoms with Gasteiger partial charge in [-0.05, 0) is 30.9 Å². The summed E-state index contributed by atoms with van der Waals surface area (Å²) in [4.78, 5) is 12.0. The fourth-order valence-electron chi connectivity index (χ4n) is 1.46. The fourth-order valence-corrected chi connectivity index (χ4v) is 2.13. The average Bonchev–Trinajstić information content (AvgIpc) is 2.36. The molecule has 0 aliphatic rings. The summed E-state index contributed by atoms with van der Waals surface area (Å²) >= 11 is 1.76. The number of methoxy groups -OCH3 is 1. The van der Waals surface area contributed by atoms with E-state index in [2.05, 4.69) is 12.2 Å². The maximum absolute atomic E-state index is 12.0. The van der Waals surface area contributed by atoms with Gasteiger partial charge in [0.05, 0.1) is 12.7 Å². The van der Waals surface area contributed by atoms with Gasteiger partial charge in [-0.1, -0.05) is 6.92 Å². The second-order valence-electron chi connectivity index (χ2n) is 3.92. The molecule has 0 aliphatic heterocycles. The summed E-state index contributed by atoms with van der Waals surface area (Å²) in [7, 11) is 1.52. The third kappa shape index (κ3) is 4.14. The van der Waals surface area contributed by atoms with E-state index in [4.69, 9.17) is 4.74 Å². The molecule has 1 amide bonds. The van der Waals surface area contributed by atoms with E-state index in [-0.39, 0.29) is 23.3 Å². The zero-order valence-electron chi connectivity index (χ0n) is 10.9. The Morgan fingerprint density at radius 2 is 2.28 bits per heavy atom. The molecule has 100 valence electrons. The van der Waals surface area contributed by atoms with Gasteiger partial charge < -0.3 is 15.2 Å². The minimum Gasteiger partial charge on any atom is -0.507 e. The van der Waals surface area contributed by atoms with Crippen LogP contribution in [-0.4, -0.2) is 35.7 Å². The Balaban J connectivity index is 2.71. The summed E-state index contributed by atoms with van der Waals surface area (Å²) in [6, 6.07) is 4.67. The van der Waals surface area contributed by atoms with Gasteiger partial charge in [0.1, 0.15) is 11.5 Å². The fraction of sp³-hybridized carbons (Fsp3) is 0.462. The number of hydrogen-bond acceptors (Lipinski definition) is 4. The number of phenolic OH excluding ortho intramolecular Hbond substituents is 1. The summed E-state index contributed by atoms with van der Waals surface area (Å²) in [5.41, 5.74) is 0.239. The Labute approximate surface area is 112 Å². The first-order chi connectivity index (χ1) is 8.58. The van der Waals surface area contributed by atoms with Crippen LogP contribution in [0.4, 0.5) is 0 Å². The molecular formula is C13H19NO3S. The number of hydrogen-bond donors (Lipinski definition) is 2. The van der Waals surface area contributed by atoms with Crippen LogP contribution in [0.5, 0.6) is 11.5 Å². The average molecular weight is 269 g/mol. The minimum absolute atomic E-state index is 0.0383. The third-order valence-corrected chi connectivity index (χ3v) is 3.54. The molecule has 5 heteroatoms. The van der Waals surface area contributed by atoms with Crippen molar-refractivity contribution < 1.29 is 14.6 Å². The van der Waals surface area contributed by atoms with Crippen LogP contribution in [0, 0.1) is 0 Å². The Bertz CT molecular complexity index is 409. The summed E-state index contributed by atoms with van der Waals surface area (Å²) < 4.78 is 5.03. The zero-order chi connectivity index (χ0) is 13.5. The lowest BCUT2D eigenvalue weighted by molar-refractivity contribution is 0.0940. The van der Waals surface area contributed by atoms with Crippen molar-refractivity contribution in [3.8, 4) is 11.5 Å². The molecule has 1 atom stereocenters. The number of rotatable bonds is 6. The molecule has 4 nitrogen and oxygen atoms in total. The van der Waals surface area contributed by atoms with Gasteiger partial charge in [0.2, 0.25) is 0 Å². The predicted molar refractivity (Wildman–Crippen MR) is 74.6 cm³/mol. The number of carbonyl (C=O) groups excluding carboxylic acids is 1. The number of aromatic hydroxyl groups is 1. The van der Waals surface area contributed by atoms with E-state index in [1.165, 1.54) is 19.2 Å². The van der Waals surface area contributed by atoms with Crippen LogP contribution in [0.3, 0.4) is 0 Å². The molecule has 0 saturated carbocycles. The molecule has 0 radical (unpaired) electrons. The van der Waals surface area contributed by atoms with E-state index in [0.29, 0.717) is 5.75 Å². The highest BCUT2D eigenvalue weighted by molar-refractivity contribution is 7.99. The van der Waals surface area contributed by atoms with Gasteiger partial charge in [-0.15, -0.1) is 0 Å². The monoisotopic (exact) mass is 269 g/mol. The van der Waals surface area contributed by atoms with Crippen molar-refractivity contribution in [2.75, 3.05) is 18.6 Å². The Hall–Kier alpha value is -1.36. The van der Waals surface area contributed by atoms with Crippen molar-refractivity contribution in [1.29, 1.82) is 0 Å². The largest absolute Gasteiger partial charge is 0.507 e. The molecule has 18 heavy (non-hydrogen) atoms. The highest BCUT2D eigenvalue weighted by Crippen LogP contribution is 2.22. The molecule has 1 unspecified atom stereocenters. The number of ether oxygens (including phenoxy) is 1. The van der Waals surface area contributed by atoms with Crippen molar-refractivity contribution in [2.45, 2.75) is 19.9 Å². The molecule has 1 rings (SSSR count). The van der Waals surface area contributed by atoms with Crippen LogP contribution < -0.4 is 10.1 Å². The number of phenols is 1. The maximum Gasteiger partial charge on any atom is 0.255 e. The number of carbonyl (C=O) groups is 1. The van der Waals surface area contributed by atoms with E-state index >= 15 is 0 Å². The Morgan fingerprint density at radius 1 is 1.56 bits per heavy atom. The van der Waals surface area contributed by atoms with Gasteiger partial charge in [0.25, 0.3) is 5.91 Å². The lowest BCUT2D eigenvalue weighted by Gasteiger charge is -2.14. The van der Waals surface area contributed by atoms with Gasteiger partial charge in [0.15, 0.2) is 0 Å². The molecule has 0 aliphatic carbocycles. The zero-order valence-corrected chi connectivity index (χ0v) is 11.7. The van der Waals surface area contributed by atoms with Crippen LogP contribution in [0.1, 0.15) is 24.2 Å². The van der Waals surface area contributed by atoms with E-state index in [9.17, 15) is 9.90 Å². The minimum atomic E-state index is -0.282. The molecule has 0 bridgehead atoms. The van der Waals surface area contributed by atoms with E-state index in [1.807, 2.05) is 6.92 Å². The van der Waals surface area contributed by atoms with Gasteiger partial charge in [-0.2, -0.15) is 11.8 Å². The topological polar surface area (TPSA) is 58.6 Å². The van der Waals surface area contributed by atoms with E-state index < -0.39 is 0 Å². The van der Waals surface area contributed by atoms with E-state index in [1.54, 1.807) is 17.8 Å². The highest BCUT2D eigenvalue weighted by Gasteiger charge is 2.14. The molecule has 0 spiro atoms. The Morgan fingerprint density at radius 3 is 2.89 bits per heavy atom. The lowest BCUT2D eigenvalue weighted by Crippen LogP contribution is -2.34. The van der Waals surface area contributed by atoms with Crippen LogP contribution in [-0.2, 0) is 0 Å². The molecule has 0 fully saturated rings. The first-order valence-corrected chi connectivity index (χ1v) is 6.99. The molecule has 1 aromatic carbocycles. The third-order valence-electron chi connectivity index (χ3n) is 2.40. The molecule has 1 aromatic rings. The molecule has 0 aromatic heterocycles. The van der Waals surface area contributed by atoms with Gasteiger partial charge in [0, 0.05) is 11.8 Å². The Kier molecular flexibility index (Phi) is 5.85. The molecule has 0 heterocycles. The van der Waals surface area contributed by atoms with Crippen molar-refractivity contribution in [3.05, 3.63) is 23.8 Å². The predicted octanol–water partition coefficient (Wildman–Crippen LogP) is 2.27. The molecule has 0 saturated heterocycles. The number of nitrogens with one attached hydrogen (secondary N) is 1. The van der Waals surface area contributed by atoms with E-state index in [0.717, 1.165) is 11.5 Å². The van der Waals surface area contributed by atoms with Crippen molar-refractivity contribution in [2.24, 2.45) is 0 Å². The number of amides is 1. The van der Waals surface area contributed by atoms with Crippen LogP contribution in [0.15, 0.2) is 18.2 Å². The van der Waals surface area contributed by atoms with Crippen LogP contribution in [0.25, 0.3) is 0 Å². The normalized spacial score (nSPS) is 11.9. The van der Waals surface area contributed by atoms with Crippen LogP contribution >= 0.6 is 11.8 Å². The van der Waals surface area contributed by atoms with Gasteiger partial charge >= 0.3 is 0 Å². The van der Waals surface area contributed by atoms with Crippen molar-refractivity contribution in [3.63, 3.8) is 0 Å². The van der Waals surface area contributed by atoms with Crippen molar-refractivity contribution in [1.82, 2.24) is 5.32 Å². The summed E-state index contributed by atoms with van der Waals surface area (Å²) in [6.07, 6.45) is 0. The quantitative estimate of drug-likeness (QED) is 0.832. The highest BCUT2D eigenvalue weighted by atomic mass is 32.2. The standard InChI is InChI=1S/C13H19NO3S/c1-4-18-8-9(2)14-13(16)11-7-10(17-3)5-6-12(11)15/h5-7,9,15H,4,8H2,1-3H3,(H,14,16). The summed E-state index contributed by atoms with van der Waals surface area (Å²) in [5, 5.41) is 12.5. The van der Waals surface area contributed by atoms with Crippen molar-refractivity contribution >= 4 is 17.7 Å². The first kappa shape index (κ1) is 14.7. The lowest BCUT2D eigenvalue weighted by atomic mass is 10.1. The smallest absolute Gasteiger partial charge is 0.255 e. The second kappa shape index (κ2) is 7.16. The maximum atomic E-state index is 12.0. The second-order valence-corrected chi connectivity index (χ2v) is 5.24. The number of benzene rings is 1. The number of thioether (sulfide) groups is 1. The molecular weight excluding hydrogens is 250 g/mol. The van der Waals surface area contributed by atoms with Crippen LogP contribution in [0.2, 0.25) is 0 Å². The van der Waals surface area contributed by atoms with Gasteiger partial charge in [-0.3, -0.25) is 4.79 Å². The van der Waals surface area contributed by atoms with Gasteiger partial charge in [-0.25, -0.2) is 0 Å². The molecule has 2 N–H and O–H groups in total. The summed E-state index contributed by atoms with van der Waals surface area (Å²) in [5.74, 6) is 2.10.